The van der Waals surface area contributed by atoms with E-state index in [0.717, 1.165) is 0 Å². The van der Waals surface area contributed by atoms with Gasteiger partial charge in [-0.15, -0.1) is 0 Å². The van der Waals surface area contributed by atoms with Crippen LogP contribution in [0.2, 0.25) is 0 Å². The molecule has 0 aromatic rings. The number of rotatable bonds is 6. The fourth-order valence-corrected chi connectivity index (χ4v) is 1.11. The van der Waals surface area contributed by atoms with Crippen LogP contribution in [0, 0.1) is 5.92 Å². The third kappa shape index (κ3) is 3.81. The summed E-state index contributed by atoms with van der Waals surface area (Å²) in [5.74, 6) is -0.881. The minimum Gasteiger partial charge on any atom is -0.480 e. The predicted molar refractivity (Wildman–Crippen MR) is 61.9 cm³/mol. The lowest BCUT2D eigenvalue weighted by molar-refractivity contribution is -0.155. The largest absolute Gasteiger partial charge is 0.480 e. The molecule has 0 saturated carbocycles. The van der Waals surface area contributed by atoms with Crippen molar-refractivity contribution in [1.82, 2.24) is 4.90 Å². The number of carbonyl (C=O) groups excluding carboxylic acids is 1. The van der Waals surface area contributed by atoms with Gasteiger partial charge in [-0.2, -0.15) is 0 Å². The maximum absolute atomic E-state index is 11.7. The molecule has 5 nitrogen and oxygen atoms in total. The van der Waals surface area contributed by atoms with Gasteiger partial charge < -0.3 is 15.7 Å². The Kier molecular flexibility index (Phi) is 5.44. The first-order valence-electron chi connectivity index (χ1n) is 5.43. The lowest BCUT2D eigenvalue weighted by Gasteiger charge is -2.31. The number of nitrogens with two attached hydrogens (primary N) is 1. The van der Waals surface area contributed by atoms with Gasteiger partial charge in [0.1, 0.15) is 5.54 Å². The van der Waals surface area contributed by atoms with Crippen molar-refractivity contribution in [2.24, 2.45) is 11.7 Å². The number of nitrogens with zero attached hydrogens (tertiary/aromatic N) is 1. The third-order valence-corrected chi connectivity index (χ3v) is 2.99. The minimum atomic E-state index is -1.16. The van der Waals surface area contributed by atoms with E-state index in [1.807, 2.05) is 6.92 Å². The van der Waals surface area contributed by atoms with E-state index in [4.69, 9.17) is 10.8 Å². The lowest BCUT2D eigenvalue weighted by Crippen LogP contribution is -2.50. The summed E-state index contributed by atoms with van der Waals surface area (Å²) in [6, 6.07) is 0. The maximum atomic E-state index is 11.7. The van der Waals surface area contributed by atoms with E-state index >= 15 is 0 Å². The van der Waals surface area contributed by atoms with Gasteiger partial charge in [0.05, 0.1) is 0 Å². The van der Waals surface area contributed by atoms with Crippen LogP contribution >= 0.6 is 0 Å². The van der Waals surface area contributed by atoms with Crippen LogP contribution in [0.1, 0.15) is 33.6 Å². The van der Waals surface area contributed by atoms with Crippen molar-refractivity contribution < 1.29 is 14.7 Å². The summed E-state index contributed by atoms with van der Waals surface area (Å²) in [6.07, 6.45) is 1.03. The average Bonchev–Trinajstić information content (AvgIpc) is 2.23. The molecule has 16 heavy (non-hydrogen) atoms. The van der Waals surface area contributed by atoms with Gasteiger partial charge in [-0.05, 0) is 32.7 Å². The molecule has 0 aromatic carbocycles. The number of carboxylic acid groups (broad SMARTS) is 1. The molecular formula is C11H22N2O3. The summed E-state index contributed by atoms with van der Waals surface area (Å²) in [5.41, 5.74) is 4.29. The molecule has 1 amide bonds. The molecule has 0 heterocycles. The number of carboxylic acids is 1. The number of carbonyl (C=O) groups is 2. The summed E-state index contributed by atoms with van der Waals surface area (Å²) in [6.45, 7) is 5.54. The number of hydrogen-bond acceptors (Lipinski definition) is 3. The van der Waals surface area contributed by atoms with Gasteiger partial charge in [-0.3, -0.25) is 4.79 Å². The zero-order valence-corrected chi connectivity index (χ0v) is 10.5. The van der Waals surface area contributed by atoms with Crippen molar-refractivity contribution in [3.05, 3.63) is 0 Å². The molecule has 1 unspecified atom stereocenters. The first-order chi connectivity index (χ1) is 7.23. The molecule has 94 valence electrons. The van der Waals surface area contributed by atoms with Crippen molar-refractivity contribution in [2.45, 2.75) is 39.2 Å². The summed E-state index contributed by atoms with van der Waals surface area (Å²) < 4.78 is 0. The molecule has 0 aliphatic heterocycles. The van der Waals surface area contributed by atoms with E-state index in [0.29, 0.717) is 19.4 Å². The summed E-state index contributed by atoms with van der Waals surface area (Å²) in [5, 5.41) is 8.97. The third-order valence-electron chi connectivity index (χ3n) is 2.99. The van der Waals surface area contributed by atoms with E-state index in [-0.39, 0.29) is 11.8 Å². The van der Waals surface area contributed by atoms with Gasteiger partial charge in [-0.1, -0.05) is 6.92 Å². The van der Waals surface area contributed by atoms with Crippen LogP contribution in [0.4, 0.5) is 0 Å². The second kappa shape index (κ2) is 5.84. The number of aliphatic carboxylic acids is 1. The molecular weight excluding hydrogens is 208 g/mol. The summed E-state index contributed by atoms with van der Waals surface area (Å²) in [4.78, 5) is 24.0. The fraction of sp³-hybridized carbons (Fsp3) is 0.818. The summed E-state index contributed by atoms with van der Waals surface area (Å²) in [7, 11) is 1.52. The Morgan fingerprint density at radius 2 is 1.94 bits per heavy atom. The zero-order valence-electron chi connectivity index (χ0n) is 10.5. The van der Waals surface area contributed by atoms with Gasteiger partial charge in [0.2, 0.25) is 5.91 Å². The highest BCUT2D eigenvalue weighted by molar-refractivity contribution is 5.86. The Morgan fingerprint density at radius 1 is 1.44 bits per heavy atom. The first-order valence-corrected chi connectivity index (χ1v) is 5.43. The second-order valence-electron chi connectivity index (χ2n) is 4.70. The number of amides is 1. The highest BCUT2D eigenvalue weighted by Gasteiger charge is 2.34. The Labute approximate surface area is 96.6 Å². The number of hydrogen-bond donors (Lipinski definition) is 2. The first kappa shape index (κ1) is 14.9. The van der Waals surface area contributed by atoms with Crippen molar-refractivity contribution in [2.75, 3.05) is 13.6 Å². The Balaban J connectivity index is 4.34. The van der Waals surface area contributed by atoms with Crippen molar-refractivity contribution in [3.63, 3.8) is 0 Å². The van der Waals surface area contributed by atoms with E-state index < -0.39 is 11.5 Å². The monoisotopic (exact) mass is 230 g/mol. The maximum Gasteiger partial charge on any atom is 0.329 e. The Hall–Kier alpha value is -1.10. The van der Waals surface area contributed by atoms with Crippen LogP contribution in [0.5, 0.6) is 0 Å². The Morgan fingerprint density at radius 3 is 2.31 bits per heavy atom. The molecule has 0 rings (SSSR count). The van der Waals surface area contributed by atoms with Gasteiger partial charge in [0.25, 0.3) is 0 Å². The second-order valence-corrected chi connectivity index (χ2v) is 4.70. The van der Waals surface area contributed by atoms with E-state index in [1.165, 1.54) is 25.8 Å². The smallest absolute Gasteiger partial charge is 0.329 e. The Bertz CT molecular complexity index is 264. The van der Waals surface area contributed by atoms with Crippen LogP contribution in [0.25, 0.3) is 0 Å². The molecule has 0 aliphatic rings. The molecule has 0 aliphatic carbocycles. The van der Waals surface area contributed by atoms with Crippen LogP contribution in [0.3, 0.4) is 0 Å². The van der Waals surface area contributed by atoms with Crippen molar-refractivity contribution >= 4 is 11.9 Å². The minimum absolute atomic E-state index is 0.160. The highest BCUT2D eigenvalue weighted by atomic mass is 16.4. The molecule has 0 radical (unpaired) electrons. The molecule has 3 N–H and O–H groups in total. The van der Waals surface area contributed by atoms with Gasteiger partial charge >= 0.3 is 5.97 Å². The fourth-order valence-electron chi connectivity index (χ4n) is 1.11. The topological polar surface area (TPSA) is 83.6 Å². The quantitative estimate of drug-likeness (QED) is 0.703. The van der Waals surface area contributed by atoms with Gasteiger partial charge in [0.15, 0.2) is 0 Å². The van der Waals surface area contributed by atoms with E-state index in [9.17, 15) is 9.59 Å². The number of likely N-dealkylation sites (N-methyl/N-ethyl adjacent to an activating group) is 1. The highest BCUT2D eigenvalue weighted by Crippen LogP contribution is 2.15. The van der Waals surface area contributed by atoms with Crippen LogP contribution < -0.4 is 5.73 Å². The SMILES string of the molecule is CC(CN)CCC(=O)N(C)C(C)(C)C(=O)O. The molecule has 0 aromatic heterocycles. The van der Waals surface area contributed by atoms with Crippen LogP contribution in [-0.2, 0) is 9.59 Å². The molecule has 1 atom stereocenters. The van der Waals surface area contributed by atoms with Crippen LogP contribution in [-0.4, -0.2) is 41.0 Å². The average molecular weight is 230 g/mol. The molecule has 5 heteroatoms. The van der Waals surface area contributed by atoms with Crippen molar-refractivity contribution in [3.8, 4) is 0 Å². The van der Waals surface area contributed by atoms with Crippen LogP contribution in [0.15, 0.2) is 0 Å². The van der Waals surface area contributed by atoms with Crippen molar-refractivity contribution in [1.29, 1.82) is 0 Å². The predicted octanol–water partition coefficient (Wildman–Crippen LogP) is 0.683. The standard InChI is InChI=1S/C11H22N2O3/c1-8(7-12)5-6-9(14)13(4)11(2,3)10(15)16/h8H,5-7,12H2,1-4H3,(H,15,16). The molecule has 0 spiro atoms. The van der Waals surface area contributed by atoms with E-state index in [1.54, 1.807) is 0 Å². The summed E-state index contributed by atoms with van der Waals surface area (Å²) >= 11 is 0. The normalized spacial score (nSPS) is 13.3. The zero-order chi connectivity index (χ0) is 12.9. The molecule has 0 saturated heterocycles. The van der Waals surface area contributed by atoms with Gasteiger partial charge in [-0.25, -0.2) is 4.79 Å². The van der Waals surface area contributed by atoms with E-state index in [2.05, 4.69) is 0 Å². The molecule has 0 bridgehead atoms. The lowest BCUT2D eigenvalue weighted by atomic mass is 10.0. The molecule has 0 fully saturated rings. The van der Waals surface area contributed by atoms with Gasteiger partial charge in [0, 0.05) is 13.5 Å².